The zero-order valence-electron chi connectivity index (χ0n) is 10.8. The Balaban J connectivity index is 3.29. The molecule has 5 heteroatoms. The SMILES string of the molecule is CC(C)(C)N(CC(=O)O)c1ccccc1C(N)=O. The number of carboxylic acids is 1. The Morgan fingerprint density at radius 3 is 2.28 bits per heavy atom. The van der Waals surface area contributed by atoms with Gasteiger partial charge in [0.15, 0.2) is 0 Å². The average molecular weight is 250 g/mol. The maximum absolute atomic E-state index is 11.4. The van der Waals surface area contributed by atoms with Gasteiger partial charge in [-0.2, -0.15) is 0 Å². The Labute approximate surface area is 106 Å². The number of para-hydroxylation sites is 1. The van der Waals surface area contributed by atoms with Crippen molar-refractivity contribution in [2.24, 2.45) is 5.73 Å². The van der Waals surface area contributed by atoms with Crippen LogP contribution >= 0.6 is 0 Å². The maximum Gasteiger partial charge on any atom is 0.323 e. The molecule has 1 aromatic rings. The van der Waals surface area contributed by atoms with E-state index in [4.69, 9.17) is 10.8 Å². The van der Waals surface area contributed by atoms with Gasteiger partial charge < -0.3 is 15.7 Å². The maximum atomic E-state index is 11.4. The van der Waals surface area contributed by atoms with E-state index < -0.39 is 17.4 Å². The van der Waals surface area contributed by atoms with Crippen LogP contribution in [0.25, 0.3) is 0 Å². The predicted molar refractivity (Wildman–Crippen MR) is 69.7 cm³/mol. The number of carboxylic acid groups (broad SMARTS) is 1. The van der Waals surface area contributed by atoms with Crippen LogP contribution in [0.5, 0.6) is 0 Å². The highest BCUT2D eigenvalue weighted by Crippen LogP contribution is 2.26. The van der Waals surface area contributed by atoms with Crippen molar-refractivity contribution in [1.29, 1.82) is 0 Å². The third-order valence-corrected chi connectivity index (χ3v) is 2.56. The molecule has 1 rings (SSSR count). The van der Waals surface area contributed by atoms with Crippen molar-refractivity contribution in [3.05, 3.63) is 29.8 Å². The number of hydrogen-bond acceptors (Lipinski definition) is 3. The predicted octanol–water partition coefficient (Wildman–Crippen LogP) is 1.47. The molecule has 1 aromatic carbocycles. The summed E-state index contributed by atoms with van der Waals surface area (Å²) in [6, 6.07) is 6.75. The first-order chi connectivity index (χ1) is 8.23. The summed E-state index contributed by atoms with van der Waals surface area (Å²) >= 11 is 0. The summed E-state index contributed by atoms with van der Waals surface area (Å²) < 4.78 is 0. The van der Waals surface area contributed by atoms with Crippen LogP contribution in [-0.2, 0) is 4.79 Å². The van der Waals surface area contributed by atoms with Gasteiger partial charge in [-0.25, -0.2) is 0 Å². The Morgan fingerprint density at radius 2 is 1.83 bits per heavy atom. The molecule has 0 saturated carbocycles. The highest BCUT2D eigenvalue weighted by atomic mass is 16.4. The van der Waals surface area contributed by atoms with Crippen molar-refractivity contribution < 1.29 is 14.7 Å². The van der Waals surface area contributed by atoms with Crippen molar-refractivity contribution in [2.75, 3.05) is 11.4 Å². The topological polar surface area (TPSA) is 83.6 Å². The van der Waals surface area contributed by atoms with E-state index in [0.717, 1.165) is 0 Å². The molecule has 0 spiro atoms. The van der Waals surface area contributed by atoms with Crippen molar-refractivity contribution in [2.45, 2.75) is 26.3 Å². The Bertz CT molecular complexity index is 464. The number of carbonyl (C=O) groups excluding carboxylic acids is 1. The number of benzene rings is 1. The summed E-state index contributed by atoms with van der Waals surface area (Å²) in [4.78, 5) is 24.0. The molecule has 0 atom stereocenters. The van der Waals surface area contributed by atoms with Crippen molar-refractivity contribution in [3.8, 4) is 0 Å². The fourth-order valence-electron chi connectivity index (χ4n) is 1.74. The normalized spacial score (nSPS) is 11.1. The number of anilines is 1. The highest BCUT2D eigenvalue weighted by molar-refractivity contribution is 5.99. The molecule has 0 radical (unpaired) electrons. The lowest BCUT2D eigenvalue weighted by Gasteiger charge is -2.37. The van der Waals surface area contributed by atoms with Gasteiger partial charge >= 0.3 is 5.97 Å². The van der Waals surface area contributed by atoms with E-state index in [1.807, 2.05) is 20.8 Å². The van der Waals surface area contributed by atoms with E-state index in [-0.39, 0.29) is 6.54 Å². The second kappa shape index (κ2) is 5.08. The average Bonchev–Trinajstić information content (AvgIpc) is 2.24. The van der Waals surface area contributed by atoms with E-state index in [1.165, 1.54) is 0 Å². The van der Waals surface area contributed by atoms with Gasteiger partial charge in [0.2, 0.25) is 0 Å². The summed E-state index contributed by atoms with van der Waals surface area (Å²) in [5, 5.41) is 8.98. The zero-order chi connectivity index (χ0) is 13.9. The largest absolute Gasteiger partial charge is 0.480 e. The lowest BCUT2D eigenvalue weighted by molar-refractivity contribution is -0.135. The van der Waals surface area contributed by atoms with Crippen LogP contribution in [0.4, 0.5) is 5.69 Å². The van der Waals surface area contributed by atoms with Crippen LogP contribution in [0, 0.1) is 0 Å². The van der Waals surface area contributed by atoms with Gasteiger partial charge in [0, 0.05) is 5.54 Å². The Hall–Kier alpha value is -2.04. The molecule has 1 amide bonds. The molecular weight excluding hydrogens is 232 g/mol. The van der Waals surface area contributed by atoms with E-state index in [0.29, 0.717) is 11.3 Å². The summed E-state index contributed by atoms with van der Waals surface area (Å²) in [7, 11) is 0. The highest BCUT2D eigenvalue weighted by Gasteiger charge is 2.26. The molecule has 0 unspecified atom stereocenters. The van der Waals surface area contributed by atoms with Gasteiger partial charge in [-0.1, -0.05) is 12.1 Å². The van der Waals surface area contributed by atoms with Gasteiger partial charge in [0.25, 0.3) is 5.91 Å². The second-order valence-electron chi connectivity index (χ2n) is 5.03. The minimum atomic E-state index is -0.954. The number of amides is 1. The monoisotopic (exact) mass is 250 g/mol. The van der Waals surface area contributed by atoms with Gasteiger partial charge in [-0.15, -0.1) is 0 Å². The number of nitrogens with two attached hydrogens (primary N) is 1. The summed E-state index contributed by atoms with van der Waals surface area (Å²) in [6.45, 7) is 5.46. The van der Waals surface area contributed by atoms with Crippen LogP contribution in [-0.4, -0.2) is 29.1 Å². The number of nitrogens with zero attached hydrogens (tertiary/aromatic N) is 1. The number of rotatable bonds is 4. The molecule has 0 aliphatic carbocycles. The van der Waals surface area contributed by atoms with Gasteiger partial charge in [0.05, 0.1) is 11.3 Å². The van der Waals surface area contributed by atoms with Crippen LogP contribution in [0.2, 0.25) is 0 Å². The minimum Gasteiger partial charge on any atom is -0.480 e. The number of carbonyl (C=O) groups is 2. The van der Waals surface area contributed by atoms with Crippen molar-refractivity contribution in [1.82, 2.24) is 0 Å². The first kappa shape index (κ1) is 14.0. The van der Waals surface area contributed by atoms with E-state index >= 15 is 0 Å². The molecule has 0 fully saturated rings. The zero-order valence-corrected chi connectivity index (χ0v) is 10.8. The van der Waals surface area contributed by atoms with Crippen LogP contribution in [0.1, 0.15) is 31.1 Å². The van der Waals surface area contributed by atoms with E-state index in [2.05, 4.69) is 0 Å². The second-order valence-corrected chi connectivity index (χ2v) is 5.03. The number of primary amides is 1. The summed E-state index contributed by atoms with van der Waals surface area (Å²) in [5.41, 5.74) is 5.76. The molecule has 0 aliphatic rings. The van der Waals surface area contributed by atoms with Crippen molar-refractivity contribution >= 4 is 17.6 Å². The van der Waals surface area contributed by atoms with E-state index in [9.17, 15) is 9.59 Å². The van der Waals surface area contributed by atoms with Crippen LogP contribution in [0.3, 0.4) is 0 Å². The Morgan fingerprint density at radius 1 is 1.28 bits per heavy atom. The van der Waals surface area contributed by atoms with E-state index in [1.54, 1.807) is 29.2 Å². The third kappa shape index (κ3) is 3.23. The molecule has 18 heavy (non-hydrogen) atoms. The van der Waals surface area contributed by atoms with Gasteiger partial charge in [-0.05, 0) is 32.9 Å². The first-order valence-corrected chi connectivity index (χ1v) is 5.61. The molecule has 0 aliphatic heterocycles. The lowest BCUT2D eigenvalue weighted by atomic mass is 10.0. The molecule has 3 N–H and O–H groups in total. The summed E-state index contributed by atoms with van der Waals surface area (Å²) in [6.07, 6.45) is 0. The van der Waals surface area contributed by atoms with Crippen LogP contribution < -0.4 is 10.6 Å². The fourth-order valence-corrected chi connectivity index (χ4v) is 1.74. The molecule has 5 nitrogen and oxygen atoms in total. The molecule has 0 bridgehead atoms. The lowest BCUT2D eigenvalue weighted by Crippen LogP contribution is -2.45. The Kier molecular flexibility index (Phi) is 3.96. The third-order valence-electron chi connectivity index (χ3n) is 2.56. The molecule has 0 aromatic heterocycles. The van der Waals surface area contributed by atoms with Gasteiger partial charge in [-0.3, -0.25) is 9.59 Å². The number of hydrogen-bond donors (Lipinski definition) is 2. The van der Waals surface area contributed by atoms with Crippen LogP contribution in [0.15, 0.2) is 24.3 Å². The first-order valence-electron chi connectivity index (χ1n) is 5.61. The molecule has 98 valence electrons. The summed E-state index contributed by atoms with van der Waals surface area (Å²) in [5.74, 6) is -1.52. The number of aliphatic carboxylic acids is 1. The van der Waals surface area contributed by atoms with Gasteiger partial charge in [0.1, 0.15) is 6.54 Å². The standard InChI is InChI=1S/C13H18N2O3/c1-13(2,3)15(8-11(16)17)10-7-5-4-6-9(10)12(14)18/h4-7H,8H2,1-3H3,(H2,14,18)(H,16,17). The minimum absolute atomic E-state index is 0.187. The smallest absolute Gasteiger partial charge is 0.323 e. The molecule has 0 saturated heterocycles. The quantitative estimate of drug-likeness (QED) is 0.847. The molecular formula is C13H18N2O3. The van der Waals surface area contributed by atoms with Crippen molar-refractivity contribution in [3.63, 3.8) is 0 Å². The molecule has 0 heterocycles. The fraction of sp³-hybridized carbons (Fsp3) is 0.385.